The van der Waals surface area contributed by atoms with Crippen LogP contribution in [0, 0.1) is 40.4 Å². The summed E-state index contributed by atoms with van der Waals surface area (Å²) in [6, 6.07) is 0. The predicted octanol–water partition coefficient (Wildman–Crippen LogP) is 5.93. The van der Waals surface area contributed by atoms with Gasteiger partial charge in [-0.2, -0.15) is 13.2 Å². The van der Waals surface area contributed by atoms with Crippen molar-refractivity contribution in [2.24, 2.45) is 40.4 Å². The number of fused-ring (bicyclic) bond motifs is 5. The number of ketones is 1. The van der Waals surface area contributed by atoms with Crippen molar-refractivity contribution in [3.05, 3.63) is 0 Å². The number of hydrogen-bond donors (Lipinski definition) is 1. The highest BCUT2D eigenvalue weighted by molar-refractivity contribution is 5.85. The van der Waals surface area contributed by atoms with Gasteiger partial charge in [-0.15, -0.1) is 0 Å². The third-order valence-corrected chi connectivity index (χ3v) is 10.4. The summed E-state index contributed by atoms with van der Waals surface area (Å²) in [6.45, 7) is 7.77. The standard InChI is InChI=1S/C25H39F3O3/c1-15(31-14-21(29)25(26,27)28)18-7-8-19-17-6-5-16-13-22(2,30)11-12-23(16,3)20(17)9-10-24(18,19)4/h15-20,30H,5-14H2,1-4H3. The molecule has 6 heteroatoms. The molecular weight excluding hydrogens is 405 g/mol. The van der Waals surface area contributed by atoms with Crippen molar-refractivity contribution in [3.8, 4) is 0 Å². The van der Waals surface area contributed by atoms with E-state index < -0.39 is 24.2 Å². The van der Waals surface area contributed by atoms with Gasteiger partial charge in [0.2, 0.25) is 0 Å². The molecule has 4 rings (SSSR count). The summed E-state index contributed by atoms with van der Waals surface area (Å²) in [5, 5.41) is 10.6. The molecule has 0 spiro atoms. The molecule has 4 fully saturated rings. The Morgan fingerprint density at radius 2 is 1.68 bits per heavy atom. The smallest absolute Gasteiger partial charge is 0.390 e. The van der Waals surface area contributed by atoms with Gasteiger partial charge in [0.1, 0.15) is 6.61 Å². The van der Waals surface area contributed by atoms with Gasteiger partial charge in [-0.25, -0.2) is 0 Å². The summed E-state index contributed by atoms with van der Waals surface area (Å²) in [5.74, 6) is 0.939. The van der Waals surface area contributed by atoms with E-state index in [0.29, 0.717) is 29.1 Å². The molecule has 0 aliphatic heterocycles. The SMILES string of the molecule is CC(OCC(=O)C(F)(F)F)C1CCC2C3CCC4CC(C)(O)CCC4(C)C3CCC12C. The van der Waals surface area contributed by atoms with E-state index in [1.165, 1.54) is 12.8 Å². The zero-order chi connectivity index (χ0) is 22.8. The topological polar surface area (TPSA) is 46.5 Å². The molecule has 178 valence electrons. The van der Waals surface area contributed by atoms with Crippen LogP contribution in [0.1, 0.15) is 85.5 Å². The Balaban J connectivity index is 1.46. The van der Waals surface area contributed by atoms with Crippen molar-refractivity contribution >= 4 is 5.78 Å². The maximum atomic E-state index is 12.6. The third kappa shape index (κ3) is 3.98. The van der Waals surface area contributed by atoms with Crippen LogP contribution in [-0.2, 0) is 9.53 Å². The van der Waals surface area contributed by atoms with Crippen LogP contribution < -0.4 is 0 Å². The van der Waals surface area contributed by atoms with Crippen molar-refractivity contribution in [1.29, 1.82) is 0 Å². The van der Waals surface area contributed by atoms with Crippen LogP contribution in [0.3, 0.4) is 0 Å². The molecule has 0 amide bonds. The molecule has 0 radical (unpaired) electrons. The maximum Gasteiger partial charge on any atom is 0.452 e. The second-order valence-electron chi connectivity index (χ2n) is 12.0. The molecule has 9 atom stereocenters. The predicted molar refractivity (Wildman–Crippen MR) is 112 cm³/mol. The lowest BCUT2D eigenvalue weighted by molar-refractivity contribution is -0.179. The van der Waals surface area contributed by atoms with E-state index in [9.17, 15) is 23.1 Å². The average Bonchev–Trinajstić information content (AvgIpc) is 3.02. The van der Waals surface area contributed by atoms with E-state index in [4.69, 9.17) is 4.74 Å². The first-order valence-corrected chi connectivity index (χ1v) is 12.2. The number of ether oxygens (including phenoxy) is 1. The van der Waals surface area contributed by atoms with Gasteiger partial charge >= 0.3 is 6.18 Å². The van der Waals surface area contributed by atoms with Gasteiger partial charge in [0, 0.05) is 0 Å². The summed E-state index contributed by atoms with van der Waals surface area (Å²) in [6.07, 6.45) is 4.45. The van der Waals surface area contributed by atoms with Crippen molar-refractivity contribution in [2.75, 3.05) is 6.61 Å². The van der Waals surface area contributed by atoms with Crippen molar-refractivity contribution in [1.82, 2.24) is 0 Å². The fraction of sp³-hybridized carbons (Fsp3) is 0.960. The van der Waals surface area contributed by atoms with Gasteiger partial charge in [0.05, 0.1) is 11.7 Å². The number of alkyl halides is 3. The third-order valence-electron chi connectivity index (χ3n) is 10.4. The molecule has 0 bridgehead atoms. The molecular formula is C25H39F3O3. The first-order chi connectivity index (χ1) is 14.3. The van der Waals surface area contributed by atoms with E-state index >= 15 is 0 Å². The van der Waals surface area contributed by atoms with E-state index in [2.05, 4.69) is 13.8 Å². The number of rotatable bonds is 4. The Morgan fingerprint density at radius 3 is 2.35 bits per heavy atom. The lowest BCUT2D eigenvalue weighted by atomic mass is 9.44. The maximum absolute atomic E-state index is 12.6. The van der Waals surface area contributed by atoms with Crippen LogP contribution in [0.2, 0.25) is 0 Å². The first kappa shape index (κ1) is 23.5. The van der Waals surface area contributed by atoms with Gasteiger partial charge in [0.25, 0.3) is 5.78 Å². The monoisotopic (exact) mass is 444 g/mol. The van der Waals surface area contributed by atoms with Crippen LogP contribution in [-0.4, -0.2) is 35.4 Å². The quantitative estimate of drug-likeness (QED) is 0.584. The fourth-order valence-corrected chi connectivity index (χ4v) is 8.65. The Hall–Kier alpha value is -0.620. The molecule has 4 aliphatic rings. The summed E-state index contributed by atoms with van der Waals surface area (Å²) < 4.78 is 43.2. The minimum atomic E-state index is -4.82. The minimum Gasteiger partial charge on any atom is -0.390 e. The zero-order valence-electron chi connectivity index (χ0n) is 19.4. The second kappa shape index (κ2) is 7.72. The summed E-state index contributed by atoms with van der Waals surface area (Å²) in [4.78, 5) is 11.3. The number of carbonyl (C=O) groups excluding carboxylic acids is 1. The number of carbonyl (C=O) groups is 1. The number of aliphatic hydroxyl groups is 1. The highest BCUT2D eigenvalue weighted by Crippen LogP contribution is 2.68. The summed E-state index contributed by atoms with van der Waals surface area (Å²) >= 11 is 0. The summed E-state index contributed by atoms with van der Waals surface area (Å²) in [7, 11) is 0. The van der Waals surface area contributed by atoms with Gasteiger partial charge in [-0.05, 0) is 112 Å². The van der Waals surface area contributed by atoms with Gasteiger partial charge < -0.3 is 9.84 Å². The van der Waals surface area contributed by atoms with Crippen LogP contribution >= 0.6 is 0 Å². The van der Waals surface area contributed by atoms with Crippen LogP contribution in [0.25, 0.3) is 0 Å². The Morgan fingerprint density at radius 1 is 1.00 bits per heavy atom. The normalized spacial score (nSPS) is 48.5. The molecule has 0 aromatic carbocycles. The molecule has 0 aromatic heterocycles. The average molecular weight is 445 g/mol. The molecule has 0 aromatic rings. The Labute approximate surface area is 184 Å². The summed E-state index contributed by atoms with van der Waals surface area (Å²) in [5.41, 5.74) is -0.156. The van der Waals surface area contributed by atoms with E-state index in [1.807, 2.05) is 13.8 Å². The molecule has 9 unspecified atom stereocenters. The second-order valence-corrected chi connectivity index (χ2v) is 12.0. The molecule has 0 heterocycles. The molecule has 31 heavy (non-hydrogen) atoms. The lowest BCUT2D eigenvalue weighted by Crippen LogP contribution is -2.55. The van der Waals surface area contributed by atoms with E-state index in [-0.39, 0.29) is 17.4 Å². The highest BCUT2D eigenvalue weighted by atomic mass is 19.4. The zero-order valence-corrected chi connectivity index (χ0v) is 19.4. The van der Waals surface area contributed by atoms with Crippen molar-refractivity contribution in [2.45, 2.75) is 103 Å². The molecule has 4 saturated carbocycles. The number of halogens is 3. The van der Waals surface area contributed by atoms with Crippen LogP contribution in [0.5, 0.6) is 0 Å². The lowest BCUT2D eigenvalue weighted by Gasteiger charge is -2.62. The van der Waals surface area contributed by atoms with Gasteiger partial charge in [-0.1, -0.05) is 13.8 Å². The highest BCUT2D eigenvalue weighted by Gasteiger charge is 2.61. The Kier molecular flexibility index (Phi) is 5.86. The van der Waals surface area contributed by atoms with Crippen LogP contribution in [0.4, 0.5) is 13.2 Å². The largest absolute Gasteiger partial charge is 0.452 e. The molecule has 1 N–H and O–H groups in total. The fourth-order valence-electron chi connectivity index (χ4n) is 8.65. The van der Waals surface area contributed by atoms with Gasteiger partial charge in [0.15, 0.2) is 0 Å². The van der Waals surface area contributed by atoms with Crippen molar-refractivity contribution in [3.63, 3.8) is 0 Å². The number of hydrogen-bond acceptors (Lipinski definition) is 3. The molecule has 0 saturated heterocycles. The molecule has 4 aliphatic carbocycles. The first-order valence-electron chi connectivity index (χ1n) is 12.2. The van der Waals surface area contributed by atoms with Crippen molar-refractivity contribution < 1.29 is 27.8 Å². The van der Waals surface area contributed by atoms with E-state index in [0.717, 1.165) is 44.9 Å². The molecule has 3 nitrogen and oxygen atoms in total. The van der Waals surface area contributed by atoms with Gasteiger partial charge in [-0.3, -0.25) is 4.79 Å². The van der Waals surface area contributed by atoms with Crippen LogP contribution in [0.15, 0.2) is 0 Å². The number of Topliss-reactive ketones (excluding diaryl/α,β-unsaturated/α-hetero) is 1. The Bertz CT molecular complexity index is 705. The minimum absolute atomic E-state index is 0.0746. The van der Waals surface area contributed by atoms with E-state index in [1.54, 1.807) is 0 Å².